The lowest BCUT2D eigenvalue weighted by Gasteiger charge is -2.14. The van der Waals surface area contributed by atoms with E-state index >= 15 is 0 Å². The van der Waals surface area contributed by atoms with Crippen molar-refractivity contribution in [3.63, 3.8) is 0 Å². The summed E-state index contributed by atoms with van der Waals surface area (Å²) < 4.78 is 25.8. The van der Waals surface area contributed by atoms with E-state index in [-0.39, 0.29) is 5.01 Å². The fourth-order valence-electron chi connectivity index (χ4n) is 0.829. The standard InChI is InChI=1S/C7H7F2N3O/c8-4-2-1-3-5(9)6(4)12(11)7(10)13/h1-3H,11H2,(H2,10,13). The Morgan fingerprint density at radius 1 is 1.31 bits per heavy atom. The van der Waals surface area contributed by atoms with Gasteiger partial charge in [-0.25, -0.2) is 24.4 Å². The summed E-state index contributed by atoms with van der Waals surface area (Å²) >= 11 is 0. The Kier molecular flexibility index (Phi) is 2.43. The SMILES string of the molecule is NC(=O)N(N)c1c(F)cccc1F. The van der Waals surface area contributed by atoms with E-state index in [1.54, 1.807) is 0 Å². The van der Waals surface area contributed by atoms with Crippen LogP contribution in [0.1, 0.15) is 0 Å². The molecule has 0 saturated heterocycles. The number of carbonyl (C=O) groups is 1. The zero-order valence-corrected chi connectivity index (χ0v) is 6.50. The van der Waals surface area contributed by atoms with Crippen LogP contribution >= 0.6 is 0 Å². The van der Waals surface area contributed by atoms with Crippen molar-refractivity contribution in [2.45, 2.75) is 0 Å². The van der Waals surface area contributed by atoms with Crippen molar-refractivity contribution in [3.8, 4) is 0 Å². The van der Waals surface area contributed by atoms with Crippen molar-refractivity contribution >= 4 is 11.7 Å². The lowest BCUT2D eigenvalue weighted by Crippen LogP contribution is -2.42. The van der Waals surface area contributed by atoms with Gasteiger partial charge >= 0.3 is 6.03 Å². The van der Waals surface area contributed by atoms with Crippen LogP contribution in [0.15, 0.2) is 18.2 Å². The fraction of sp³-hybridized carbons (Fsp3) is 0. The molecule has 13 heavy (non-hydrogen) atoms. The minimum atomic E-state index is -1.14. The van der Waals surface area contributed by atoms with Crippen LogP contribution in [0.4, 0.5) is 19.3 Å². The van der Waals surface area contributed by atoms with Crippen LogP contribution in [-0.2, 0) is 0 Å². The summed E-state index contributed by atoms with van der Waals surface area (Å²) in [5, 5.41) is 0.213. The fourth-order valence-corrected chi connectivity index (χ4v) is 0.829. The van der Waals surface area contributed by atoms with Crippen LogP contribution in [0.2, 0.25) is 0 Å². The number of hydrogen-bond donors (Lipinski definition) is 2. The van der Waals surface area contributed by atoms with Gasteiger partial charge in [0, 0.05) is 0 Å². The largest absolute Gasteiger partial charge is 0.350 e. The number of carbonyl (C=O) groups excluding carboxylic acids is 1. The van der Waals surface area contributed by atoms with E-state index in [0.29, 0.717) is 0 Å². The number of benzene rings is 1. The average Bonchev–Trinajstić information content (AvgIpc) is 2.03. The molecule has 0 bridgehead atoms. The van der Waals surface area contributed by atoms with Crippen molar-refractivity contribution in [2.24, 2.45) is 11.6 Å². The lowest BCUT2D eigenvalue weighted by atomic mass is 10.3. The van der Waals surface area contributed by atoms with Crippen molar-refractivity contribution in [2.75, 3.05) is 5.01 Å². The first-order valence-electron chi connectivity index (χ1n) is 3.32. The van der Waals surface area contributed by atoms with E-state index in [2.05, 4.69) is 0 Å². The molecule has 0 aliphatic carbocycles. The Balaban J connectivity index is 3.20. The maximum Gasteiger partial charge on any atom is 0.333 e. The summed E-state index contributed by atoms with van der Waals surface area (Å²) in [7, 11) is 0. The molecule has 0 radical (unpaired) electrons. The molecule has 0 fully saturated rings. The third-order valence-electron chi connectivity index (χ3n) is 1.42. The molecule has 0 atom stereocenters. The molecule has 2 amide bonds. The smallest absolute Gasteiger partial charge is 0.333 e. The third kappa shape index (κ3) is 1.73. The van der Waals surface area contributed by atoms with Gasteiger partial charge < -0.3 is 5.73 Å². The number of anilines is 1. The molecule has 4 nitrogen and oxygen atoms in total. The first-order chi connectivity index (χ1) is 6.04. The van der Waals surface area contributed by atoms with Gasteiger partial charge in [0.25, 0.3) is 0 Å². The second-order valence-corrected chi connectivity index (χ2v) is 2.28. The Bertz CT molecular complexity index is 322. The van der Waals surface area contributed by atoms with Gasteiger partial charge in [-0.15, -0.1) is 0 Å². The molecule has 0 saturated carbocycles. The topological polar surface area (TPSA) is 72.4 Å². The number of rotatable bonds is 1. The number of para-hydroxylation sites is 1. The number of amides is 2. The number of halogens is 2. The monoisotopic (exact) mass is 187 g/mol. The molecule has 6 heteroatoms. The molecule has 1 rings (SSSR count). The molecule has 0 aromatic heterocycles. The molecule has 0 heterocycles. The number of hydrazine groups is 1. The van der Waals surface area contributed by atoms with Gasteiger partial charge in [0.2, 0.25) is 0 Å². The highest BCUT2D eigenvalue weighted by molar-refractivity contribution is 5.89. The van der Waals surface area contributed by atoms with Crippen molar-refractivity contribution in [1.82, 2.24) is 0 Å². The van der Waals surface area contributed by atoms with E-state index in [4.69, 9.17) is 11.6 Å². The van der Waals surface area contributed by atoms with E-state index in [9.17, 15) is 13.6 Å². The lowest BCUT2D eigenvalue weighted by molar-refractivity contribution is 0.253. The van der Waals surface area contributed by atoms with Crippen LogP contribution < -0.4 is 16.6 Å². The minimum absolute atomic E-state index is 0.213. The van der Waals surface area contributed by atoms with Crippen LogP contribution in [0.5, 0.6) is 0 Å². The average molecular weight is 187 g/mol. The van der Waals surface area contributed by atoms with Crippen LogP contribution in [0, 0.1) is 11.6 Å². The van der Waals surface area contributed by atoms with Crippen molar-refractivity contribution in [1.29, 1.82) is 0 Å². The maximum absolute atomic E-state index is 12.9. The summed E-state index contributed by atoms with van der Waals surface area (Å²) in [5.74, 6) is 3.13. The number of primary amides is 1. The van der Waals surface area contributed by atoms with Crippen molar-refractivity contribution < 1.29 is 13.6 Å². The molecule has 70 valence electrons. The second-order valence-electron chi connectivity index (χ2n) is 2.28. The number of nitrogens with two attached hydrogens (primary N) is 2. The maximum atomic E-state index is 12.9. The molecule has 0 spiro atoms. The van der Waals surface area contributed by atoms with Gasteiger partial charge in [-0.1, -0.05) is 6.07 Å². The first kappa shape index (κ1) is 9.40. The summed E-state index contributed by atoms with van der Waals surface area (Å²) in [6.07, 6.45) is 0. The highest BCUT2D eigenvalue weighted by Crippen LogP contribution is 2.20. The molecule has 0 unspecified atom stereocenters. The molecule has 4 N–H and O–H groups in total. The normalized spacial score (nSPS) is 9.77. The van der Waals surface area contributed by atoms with E-state index in [1.165, 1.54) is 0 Å². The van der Waals surface area contributed by atoms with Crippen LogP contribution in [0.25, 0.3) is 0 Å². The highest BCUT2D eigenvalue weighted by Gasteiger charge is 2.16. The van der Waals surface area contributed by atoms with Gasteiger partial charge in [-0.2, -0.15) is 0 Å². The van der Waals surface area contributed by atoms with Gasteiger partial charge in [0.15, 0.2) is 11.6 Å². The molecular formula is C7H7F2N3O. The predicted molar refractivity (Wildman–Crippen MR) is 42.6 cm³/mol. The first-order valence-corrected chi connectivity index (χ1v) is 3.32. The Hall–Kier alpha value is -1.69. The van der Waals surface area contributed by atoms with Gasteiger partial charge in [0.05, 0.1) is 0 Å². The second kappa shape index (κ2) is 3.36. The van der Waals surface area contributed by atoms with Crippen molar-refractivity contribution in [3.05, 3.63) is 29.8 Å². The number of urea groups is 1. The zero-order valence-electron chi connectivity index (χ0n) is 6.50. The van der Waals surface area contributed by atoms with Gasteiger partial charge in [-0.3, -0.25) is 0 Å². The molecule has 1 aromatic carbocycles. The van der Waals surface area contributed by atoms with Gasteiger partial charge in [-0.05, 0) is 12.1 Å². The van der Waals surface area contributed by atoms with E-state index in [1.807, 2.05) is 0 Å². The third-order valence-corrected chi connectivity index (χ3v) is 1.42. The summed E-state index contributed by atoms with van der Waals surface area (Å²) in [6.45, 7) is 0. The summed E-state index contributed by atoms with van der Waals surface area (Å²) in [6, 6.07) is 1.97. The predicted octanol–water partition coefficient (Wildman–Crippen LogP) is 0.724. The molecule has 1 aromatic rings. The molecule has 0 aliphatic heterocycles. The number of hydrogen-bond acceptors (Lipinski definition) is 2. The summed E-state index contributed by atoms with van der Waals surface area (Å²) in [4.78, 5) is 10.5. The Morgan fingerprint density at radius 2 is 1.77 bits per heavy atom. The number of nitrogens with zero attached hydrogens (tertiary/aromatic N) is 1. The van der Waals surface area contributed by atoms with E-state index < -0.39 is 23.4 Å². The Morgan fingerprint density at radius 3 is 2.15 bits per heavy atom. The minimum Gasteiger partial charge on any atom is -0.350 e. The molecule has 0 aliphatic rings. The van der Waals surface area contributed by atoms with Gasteiger partial charge in [0.1, 0.15) is 5.69 Å². The Labute approximate surface area is 72.7 Å². The highest BCUT2D eigenvalue weighted by atomic mass is 19.1. The molecular weight excluding hydrogens is 180 g/mol. The zero-order chi connectivity index (χ0) is 10.0. The van der Waals surface area contributed by atoms with Crippen LogP contribution in [0.3, 0.4) is 0 Å². The quantitative estimate of drug-likeness (QED) is 0.386. The van der Waals surface area contributed by atoms with Crippen LogP contribution in [-0.4, -0.2) is 6.03 Å². The summed E-state index contributed by atoms with van der Waals surface area (Å²) in [5.41, 5.74) is 4.08. The van der Waals surface area contributed by atoms with E-state index in [0.717, 1.165) is 18.2 Å².